The maximum absolute atomic E-state index is 11.8. The quantitative estimate of drug-likeness (QED) is 0.698. The third-order valence-corrected chi connectivity index (χ3v) is 3.24. The van der Waals surface area contributed by atoms with Crippen LogP contribution < -0.4 is 0 Å². The summed E-state index contributed by atoms with van der Waals surface area (Å²) in [6.07, 6.45) is 4.07. The summed E-state index contributed by atoms with van der Waals surface area (Å²) in [5.41, 5.74) is 0. The van der Waals surface area contributed by atoms with Crippen LogP contribution in [0, 0.1) is 0 Å². The molecule has 0 spiro atoms. The summed E-state index contributed by atoms with van der Waals surface area (Å²) in [4.78, 5) is 16.1. The molecule has 1 aromatic heterocycles. The molecule has 0 bridgehead atoms. The number of hydrogen-bond donors (Lipinski definition) is 0. The number of hydrogen-bond acceptors (Lipinski definition) is 6. The van der Waals surface area contributed by atoms with Crippen molar-refractivity contribution in [1.82, 2.24) is 10.1 Å². The Balaban J connectivity index is 1.79. The molecule has 0 saturated heterocycles. The smallest absolute Gasteiger partial charge is 0.237 e. The van der Waals surface area contributed by atoms with Gasteiger partial charge in [0.2, 0.25) is 5.89 Å². The summed E-state index contributed by atoms with van der Waals surface area (Å²) in [7, 11) is 1.63. The molecule has 2 rings (SSSR count). The zero-order valence-electron chi connectivity index (χ0n) is 11.3. The molecule has 106 valence electrons. The number of Topliss-reactive ketones (excluding diaryl/α,β-unsaturated/α-hetero) is 1. The molecule has 6 heteroatoms. The van der Waals surface area contributed by atoms with Gasteiger partial charge in [-0.2, -0.15) is 4.98 Å². The van der Waals surface area contributed by atoms with E-state index in [1.165, 1.54) is 0 Å². The lowest BCUT2D eigenvalue weighted by atomic mass is 9.88. The van der Waals surface area contributed by atoms with E-state index in [0.717, 1.165) is 19.3 Å². The number of methoxy groups -OCH3 is 1. The van der Waals surface area contributed by atoms with Crippen molar-refractivity contribution in [3.05, 3.63) is 11.7 Å². The number of aromatic nitrogens is 2. The van der Waals surface area contributed by atoms with Crippen LogP contribution in [0.5, 0.6) is 0 Å². The predicted molar refractivity (Wildman–Crippen MR) is 66.9 cm³/mol. The van der Waals surface area contributed by atoms with E-state index >= 15 is 0 Å². The molecule has 0 N–H and O–H groups in total. The van der Waals surface area contributed by atoms with Crippen molar-refractivity contribution in [3.63, 3.8) is 0 Å². The molecule has 1 heterocycles. The fourth-order valence-electron chi connectivity index (χ4n) is 2.16. The van der Waals surface area contributed by atoms with E-state index in [9.17, 15) is 4.79 Å². The number of rotatable bonds is 7. The monoisotopic (exact) mass is 268 g/mol. The molecule has 19 heavy (non-hydrogen) atoms. The van der Waals surface area contributed by atoms with Gasteiger partial charge in [-0.25, -0.2) is 0 Å². The second kappa shape index (κ2) is 7.35. The highest BCUT2D eigenvalue weighted by molar-refractivity contribution is 5.85. The second-order valence-electron chi connectivity index (χ2n) is 4.67. The summed E-state index contributed by atoms with van der Waals surface area (Å²) in [5.74, 6) is 1.10. The summed E-state index contributed by atoms with van der Waals surface area (Å²) >= 11 is 0. The number of ether oxygens (including phenoxy) is 2. The lowest BCUT2D eigenvalue weighted by molar-refractivity contribution is -0.122. The normalized spacial score (nSPS) is 19.8. The topological polar surface area (TPSA) is 74.5 Å². The average Bonchev–Trinajstić information content (AvgIpc) is 2.88. The van der Waals surface area contributed by atoms with Gasteiger partial charge in [0, 0.05) is 20.0 Å². The number of carbonyl (C=O) groups excluding carboxylic acids is 1. The van der Waals surface area contributed by atoms with E-state index in [2.05, 4.69) is 10.1 Å². The van der Waals surface area contributed by atoms with Crippen molar-refractivity contribution >= 4 is 5.78 Å². The van der Waals surface area contributed by atoms with Crippen LogP contribution >= 0.6 is 0 Å². The van der Waals surface area contributed by atoms with Crippen LogP contribution in [0.25, 0.3) is 0 Å². The van der Waals surface area contributed by atoms with Gasteiger partial charge in [0.15, 0.2) is 5.82 Å². The minimum atomic E-state index is -0.190. The molecule has 1 atom stereocenters. The van der Waals surface area contributed by atoms with E-state index in [4.69, 9.17) is 14.0 Å². The van der Waals surface area contributed by atoms with Crippen LogP contribution in [0.15, 0.2) is 4.52 Å². The minimum Gasteiger partial charge on any atom is -0.382 e. The molecule has 1 fully saturated rings. The van der Waals surface area contributed by atoms with E-state index < -0.39 is 0 Å². The zero-order chi connectivity index (χ0) is 13.5. The Morgan fingerprint density at radius 2 is 2.21 bits per heavy atom. The van der Waals surface area contributed by atoms with Gasteiger partial charge in [0.05, 0.1) is 25.7 Å². The highest BCUT2D eigenvalue weighted by Gasteiger charge is 2.28. The van der Waals surface area contributed by atoms with E-state index in [1.54, 1.807) is 7.11 Å². The molecule has 0 radical (unpaired) electrons. The van der Waals surface area contributed by atoms with E-state index in [-0.39, 0.29) is 11.7 Å². The molecule has 0 aromatic carbocycles. The van der Waals surface area contributed by atoms with Gasteiger partial charge in [-0.15, -0.1) is 0 Å². The van der Waals surface area contributed by atoms with Crippen molar-refractivity contribution in [2.24, 2.45) is 0 Å². The third kappa shape index (κ3) is 4.11. The number of carbonyl (C=O) groups is 1. The molecule has 1 aromatic rings. The second-order valence-corrected chi connectivity index (χ2v) is 4.67. The van der Waals surface area contributed by atoms with Crippen LogP contribution in [0.1, 0.15) is 43.3 Å². The molecule has 1 unspecified atom stereocenters. The first-order chi connectivity index (χ1) is 9.31. The summed E-state index contributed by atoms with van der Waals surface area (Å²) in [6.45, 7) is 1.66. The van der Waals surface area contributed by atoms with Gasteiger partial charge in [-0.1, -0.05) is 11.6 Å². The Morgan fingerprint density at radius 1 is 1.32 bits per heavy atom. The number of nitrogens with zero attached hydrogens (tertiary/aromatic N) is 2. The van der Waals surface area contributed by atoms with Crippen LogP contribution in [0.2, 0.25) is 0 Å². The fourth-order valence-corrected chi connectivity index (χ4v) is 2.16. The van der Waals surface area contributed by atoms with Crippen LogP contribution in [-0.2, 0) is 20.7 Å². The molecule has 1 aliphatic carbocycles. The average molecular weight is 268 g/mol. The Hall–Kier alpha value is -1.27. The van der Waals surface area contributed by atoms with Gasteiger partial charge >= 0.3 is 0 Å². The minimum absolute atomic E-state index is 0.190. The van der Waals surface area contributed by atoms with Crippen molar-refractivity contribution in [3.8, 4) is 0 Å². The van der Waals surface area contributed by atoms with Gasteiger partial charge < -0.3 is 14.0 Å². The predicted octanol–water partition coefficient (Wildman–Crippen LogP) is 1.50. The van der Waals surface area contributed by atoms with E-state index in [0.29, 0.717) is 44.4 Å². The molecule has 0 amide bonds. The third-order valence-electron chi connectivity index (χ3n) is 3.24. The highest BCUT2D eigenvalue weighted by atomic mass is 16.5. The standard InChI is InChI=1S/C13H20N2O4/c1-17-8-9-18-7-6-12-14-13(19-15-12)10-4-2-3-5-11(10)16/h10H,2-9H2,1H3. The first-order valence-corrected chi connectivity index (χ1v) is 6.73. The van der Waals surface area contributed by atoms with Gasteiger partial charge in [0.1, 0.15) is 5.78 Å². The number of ketones is 1. The summed E-state index contributed by atoms with van der Waals surface area (Å²) in [5, 5.41) is 3.89. The van der Waals surface area contributed by atoms with Crippen LogP contribution in [0.4, 0.5) is 0 Å². The van der Waals surface area contributed by atoms with Crippen LogP contribution in [0.3, 0.4) is 0 Å². The SMILES string of the molecule is COCCOCCc1noc(C2CCCCC2=O)n1. The van der Waals surface area contributed by atoms with Crippen LogP contribution in [-0.4, -0.2) is 42.9 Å². The van der Waals surface area contributed by atoms with Crippen molar-refractivity contribution < 1.29 is 18.8 Å². The summed E-state index contributed by atoms with van der Waals surface area (Å²) < 4.78 is 15.4. The molecule has 6 nitrogen and oxygen atoms in total. The van der Waals surface area contributed by atoms with Crippen molar-refractivity contribution in [2.75, 3.05) is 26.9 Å². The lowest BCUT2D eigenvalue weighted by Crippen LogP contribution is -2.17. The molecule has 1 saturated carbocycles. The molecular formula is C13H20N2O4. The Labute approximate surface area is 112 Å². The summed E-state index contributed by atoms with van der Waals surface area (Å²) in [6, 6.07) is 0. The Morgan fingerprint density at radius 3 is 3.00 bits per heavy atom. The first-order valence-electron chi connectivity index (χ1n) is 6.73. The van der Waals surface area contributed by atoms with Gasteiger partial charge in [-0.05, 0) is 12.8 Å². The maximum atomic E-state index is 11.8. The van der Waals surface area contributed by atoms with Crippen molar-refractivity contribution in [2.45, 2.75) is 38.0 Å². The van der Waals surface area contributed by atoms with E-state index in [1.807, 2.05) is 0 Å². The Kier molecular flexibility index (Phi) is 5.47. The largest absolute Gasteiger partial charge is 0.382 e. The molecular weight excluding hydrogens is 248 g/mol. The molecule has 0 aliphatic heterocycles. The first kappa shape index (κ1) is 14.1. The van der Waals surface area contributed by atoms with Crippen molar-refractivity contribution in [1.29, 1.82) is 0 Å². The Bertz CT molecular complexity index is 405. The van der Waals surface area contributed by atoms with Gasteiger partial charge in [-0.3, -0.25) is 4.79 Å². The highest BCUT2D eigenvalue weighted by Crippen LogP contribution is 2.28. The fraction of sp³-hybridized carbons (Fsp3) is 0.769. The lowest BCUT2D eigenvalue weighted by Gasteiger charge is -2.16. The van der Waals surface area contributed by atoms with Gasteiger partial charge in [0.25, 0.3) is 0 Å². The maximum Gasteiger partial charge on any atom is 0.237 e. The molecule has 1 aliphatic rings. The zero-order valence-corrected chi connectivity index (χ0v) is 11.3.